The van der Waals surface area contributed by atoms with Gasteiger partial charge in [0.25, 0.3) is 5.69 Å². The van der Waals surface area contributed by atoms with E-state index >= 15 is 0 Å². The fourth-order valence-corrected chi connectivity index (χ4v) is 4.41. The van der Waals surface area contributed by atoms with Crippen LogP contribution in [-0.2, 0) is 0 Å². The summed E-state index contributed by atoms with van der Waals surface area (Å²) in [7, 11) is 0. The number of nitro groups is 1. The summed E-state index contributed by atoms with van der Waals surface area (Å²) < 4.78 is 6.42. The lowest BCUT2D eigenvalue weighted by Crippen LogP contribution is -2.00. The molecule has 0 heterocycles. The van der Waals surface area contributed by atoms with Crippen molar-refractivity contribution in [2.24, 2.45) is 0 Å². The molecule has 0 aliphatic carbocycles. The fourth-order valence-electron chi connectivity index (χ4n) is 4.07. The maximum atomic E-state index is 12.2. The highest BCUT2D eigenvalue weighted by Gasteiger charge is 2.28. The molecule has 0 amide bonds. The highest BCUT2D eigenvalue weighted by Crippen LogP contribution is 2.50. The summed E-state index contributed by atoms with van der Waals surface area (Å²) >= 11 is 6.98. The van der Waals surface area contributed by atoms with Crippen molar-refractivity contribution in [2.45, 2.75) is 27.7 Å². The zero-order chi connectivity index (χ0) is 23.7. The standard InChI is InChI=1S/C28H24ClNO3/c1-17-13-14-25(20(4)15-17)33-28-23(21-11-7-5-9-18(21)2)16-24(30(31)32)26(27(28)29)22-12-8-6-10-19(22)3/h5-16H,1-4H3. The van der Waals surface area contributed by atoms with Gasteiger partial charge in [-0.05, 0) is 61.6 Å². The van der Waals surface area contributed by atoms with E-state index in [4.69, 9.17) is 16.3 Å². The lowest BCUT2D eigenvalue weighted by molar-refractivity contribution is -0.384. The van der Waals surface area contributed by atoms with Gasteiger partial charge in [0.05, 0.1) is 15.5 Å². The molecule has 166 valence electrons. The summed E-state index contributed by atoms with van der Waals surface area (Å²) in [6, 6.07) is 22.7. The van der Waals surface area contributed by atoms with E-state index in [1.54, 1.807) is 6.07 Å². The molecule has 0 saturated heterocycles. The lowest BCUT2D eigenvalue weighted by Gasteiger charge is -2.19. The van der Waals surface area contributed by atoms with Crippen molar-refractivity contribution in [3.63, 3.8) is 0 Å². The minimum atomic E-state index is -0.379. The molecule has 4 aromatic rings. The first-order valence-corrected chi connectivity index (χ1v) is 11.0. The summed E-state index contributed by atoms with van der Waals surface area (Å²) in [5.41, 5.74) is 6.36. The van der Waals surface area contributed by atoms with E-state index in [-0.39, 0.29) is 15.6 Å². The van der Waals surface area contributed by atoms with E-state index in [1.807, 2.05) is 94.4 Å². The average molecular weight is 458 g/mol. The van der Waals surface area contributed by atoms with Crippen LogP contribution < -0.4 is 4.74 Å². The van der Waals surface area contributed by atoms with Gasteiger partial charge < -0.3 is 4.74 Å². The Morgan fingerprint density at radius 1 is 0.758 bits per heavy atom. The van der Waals surface area contributed by atoms with Gasteiger partial charge in [0.15, 0.2) is 5.75 Å². The van der Waals surface area contributed by atoms with Crippen LogP contribution in [-0.4, -0.2) is 4.92 Å². The topological polar surface area (TPSA) is 52.4 Å². The largest absolute Gasteiger partial charge is 0.455 e. The number of benzene rings is 4. The van der Waals surface area contributed by atoms with Crippen LogP contribution in [0.5, 0.6) is 11.5 Å². The summed E-state index contributed by atoms with van der Waals surface area (Å²) in [5.74, 6) is 1.06. The molecular formula is C28H24ClNO3. The van der Waals surface area contributed by atoms with Crippen LogP contribution in [0.25, 0.3) is 22.3 Å². The van der Waals surface area contributed by atoms with E-state index in [0.29, 0.717) is 28.2 Å². The Labute approximate surface area is 198 Å². The number of aryl methyl sites for hydroxylation is 4. The first kappa shape index (κ1) is 22.6. The van der Waals surface area contributed by atoms with E-state index in [2.05, 4.69) is 0 Å². The molecule has 0 saturated carbocycles. The highest BCUT2D eigenvalue weighted by molar-refractivity contribution is 6.36. The van der Waals surface area contributed by atoms with Crippen LogP contribution in [0.3, 0.4) is 0 Å². The Bertz CT molecular complexity index is 1380. The zero-order valence-electron chi connectivity index (χ0n) is 19.0. The van der Waals surface area contributed by atoms with Gasteiger partial charge in [-0.1, -0.05) is 77.8 Å². The van der Waals surface area contributed by atoms with Crippen LogP contribution in [0.4, 0.5) is 5.69 Å². The van der Waals surface area contributed by atoms with Crippen molar-refractivity contribution in [1.29, 1.82) is 0 Å². The maximum absolute atomic E-state index is 12.2. The zero-order valence-corrected chi connectivity index (χ0v) is 19.7. The second-order valence-electron chi connectivity index (χ2n) is 8.22. The van der Waals surface area contributed by atoms with Crippen molar-refractivity contribution in [3.8, 4) is 33.8 Å². The van der Waals surface area contributed by atoms with Crippen LogP contribution in [0.15, 0.2) is 72.8 Å². The summed E-state index contributed by atoms with van der Waals surface area (Å²) in [6.45, 7) is 7.86. The van der Waals surface area contributed by atoms with E-state index < -0.39 is 0 Å². The monoisotopic (exact) mass is 457 g/mol. The predicted octanol–water partition coefficient (Wildman–Crippen LogP) is 8.61. The number of rotatable bonds is 5. The summed E-state index contributed by atoms with van der Waals surface area (Å²) in [5, 5.41) is 12.4. The minimum Gasteiger partial charge on any atom is -0.455 e. The SMILES string of the molecule is Cc1ccc(Oc2c(-c3ccccc3C)cc([N+](=O)[O-])c(-c3ccccc3C)c2Cl)c(C)c1. The predicted molar refractivity (Wildman–Crippen MR) is 134 cm³/mol. The van der Waals surface area contributed by atoms with Crippen molar-refractivity contribution in [2.75, 3.05) is 0 Å². The van der Waals surface area contributed by atoms with Crippen molar-refractivity contribution in [1.82, 2.24) is 0 Å². The van der Waals surface area contributed by atoms with Gasteiger partial charge in [0.2, 0.25) is 0 Å². The molecule has 0 unspecified atom stereocenters. The van der Waals surface area contributed by atoms with E-state index in [1.165, 1.54) is 0 Å². The number of ether oxygens (including phenoxy) is 1. The molecule has 4 nitrogen and oxygen atoms in total. The van der Waals surface area contributed by atoms with Crippen LogP contribution in [0.1, 0.15) is 22.3 Å². The quantitative estimate of drug-likeness (QED) is 0.222. The van der Waals surface area contributed by atoms with Gasteiger partial charge in [0, 0.05) is 11.6 Å². The molecule has 33 heavy (non-hydrogen) atoms. The number of hydrogen-bond acceptors (Lipinski definition) is 3. The molecule has 0 fully saturated rings. The molecule has 0 aliphatic rings. The number of nitrogens with zero attached hydrogens (tertiary/aromatic N) is 1. The van der Waals surface area contributed by atoms with Gasteiger partial charge >= 0.3 is 0 Å². The van der Waals surface area contributed by atoms with Crippen LogP contribution >= 0.6 is 11.6 Å². The molecule has 0 atom stereocenters. The fraction of sp³-hybridized carbons (Fsp3) is 0.143. The summed E-state index contributed by atoms with van der Waals surface area (Å²) in [6.07, 6.45) is 0. The number of halogens is 1. The first-order valence-electron chi connectivity index (χ1n) is 10.7. The van der Waals surface area contributed by atoms with Gasteiger partial charge in [-0.3, -0.25) is 10.1 Å². The van der Waals surface area contributed by atoms with Crippen LogP contribution in [0, 0.1) is 37.8 Å². The van der Waals surface area contributed by atoms with Crippen molar-refractivity contribution >= 4 is 17.3 Å². The Morgan fingerprint density at radius 2 is 1.36 bits per heavy atom. The second kappa shape index (κ2) is 9.08. The smallest absolute Gasteiger partial charge is 0.279 e. The van der Waals surface area contributed by atoms with Gasteiger partial charge in [0.1, 0.15) is 5.75 Å². The first-order chi connectivity index (χ1) is 15.8. The van der Waals surface area contributed by atoms with Crippen molar-refractivity contribution in [3.05, 3.63) is 110 Å². The third kappa shape index (κ3) is 4.35. The van der Waals surface area contributed by atoms with Crippen molar-refractivity contribution < 1.29 is 9.66 Å². The molecule has 0 bridgehead atoms. The minimum absolute atomic E-state index is 0.0551. The second-order valence-corrected chi connectivity index (χ2v) is 8.60. The molecule has 0 aromatic heterocycles. The van der Waals surface area contributed by atoms with E-state index in [9.17, 15) is 10.1 Å². The lowest BCUT2D eigenvalue weighted by atomic mass is 9.93. The average Bonchev–Trinajstić information content (AvgIpc) is 2.77. The van der Waals surface area contributed by atoms with Gasteiger partial charge in [-0.2, -0.15) is 0 Å². The molecule has 5 heteroatoms. The molecule has 4 rings (SSSR count). The third-order valence-corrected chi connectivity index (χ3v) is 6.15. The Hall–Kier alpha value is -3.63. The number of hydrogen-bond donors (Lipinski definition) is 0. The Balaban J connectivity index is 2.07. The Kier molecular flexibility index (Phi) is 6.21. The molecule has 4 aromatic carbocycles. The highest BCUT2D eigenvalue weighted by atomic mass is 35.5. The summed E-state index contributed by atoms with van der Waals surface area (Å²) in [4.78, 5) is 11.8. The van der Waals surface area contributed by atoms with Crippen LogP contribution in [0.2, 0.25) is 5.02 Å². The molecular weight excluding hydrogens is 434 g/mol. The molecule has 0 aliphatic heterocycles. The van der Waals surface area contributed by atoms with E-state index in [0.717, 1.165) is 27.8 Å². The molecule has 0 N–H and O–H groups in total. The number of nitro benzene ring substituents is 1. The molecule has 0 spiro atoms. The third-order valence-electron chi connectivity index (χ3n) is 5.79. The Morgan fingerprint density at radius 3 is 1.94 bits per heavy atom. The normalized spacial score (nSPS) is 10.8. The van der Waals surface area contributed by atoms with Gasteiger partial charge in [-0.15, -0.1) is 0 Å². The molecule has 0 radical (unpaired) electrons. The van der Waals surface area contributed by atoms with Gasteiger partial charge in [-0.25, -0.2) is 0 Å². The maximum Gasteiger partial charge on any atom is 0.279 e.